The first kappa shape index (κ1) is 25.4. The van der Waals surface area contributed by atoms with Crippen molar-refractivity contribution in [3.05, 3.63) is 88.7 Å². The topological polar surface area (TPSA) is 51.2 Å². The maximum Gasteiger partial charge on any atom is 0.162 e. The molecule has 0 aliphatic carbocycles. The lowest BCUT2D eigenvalue weighted by Gasteiger charge is -2.37. The highest BCUT2D eigenvalue weighted by molar-refractivity contribution is 5.55. The van der Waals surface area contributed by atoms with Crippen LogP contribution in [0.5, 0.6) is 11.5 Å². The summed E-state index contributed by atoms with van der Waals surface area (Å²) in [7, 11) is 3.25. The lowest BCUT2D eigenvalue weighted by Crippen LogP contribution is -2.39. The van der Waals surface area contributed by atoms with Gasteiger partial charge in [-0.2, -0.15) is 0 Å². The van der Waals surface area contributed by atoms with Gasteiger partial charge in [0.25, 0.3) is 0 Å². The molecule has 0 saturated carbocycles. The van der Waals surface area contributed by atoms with Crippen LogP contribution in [0.25, 0.3) is 0 Å². The molecular weight excluding hydrogens is 483 g/mol. The Kier molecular flexibility index (Phi) is 7.31. The van der Waals surface area contributed by atoms with E-state index in [1.165, 1.54) is 30.3 Å². The van der Waals surface area contributed by atoms with Crippen LogP contribution in [0.4, 0.5) is 18.9 Å². The molecule has 2 atom stereocenters. The molecule has 2 aliphatic heterocycles. The van der Waals surface area contributed by atoms with E-state index in [4.69, 9.17) is 14.2 Å². The standard InChI is InChI=1S/C29H30F3NO4/c1-35-29(36-2)17-10-12-33(13-11-17)25-9-6-18(14-24(25)31)27-21-8-7-19(34)15-26(21)37-16-22(27)20-4-3-5-23(30)28(20)32/h3-9,14-15,17,22,27,29,34H,10-13,16H2,1-2H3/t22-,27-/m0/s1. The van der Waals surface area contributed by atoms with Crippen LogP contribution in [0.3, 0.4) is 0 Å². The third-order valence-corrected chi connectivity index (χ3v) is 7.59. The number of ether oxygens (including phenoxy) is 3. The van der Waals surface area contributed by atoms with E-state index in [0.29, 0.717) is 35.7 Å². The molecule has 0 spiro atoms. The molecule has 0 radical (unpaired) electrons. The van der Waals surface area contributed by atoms with Crippen molar-refractivity contribution in [2.24, 2.45) is 5.92 Å². The molecule has 1 N–H and O–H groups in total. The predicted molar refractivity (Wildman–Crippen MR) is 134 cm³/mol. The highest BCUT2D eigenvalue weighted by atomic mass is 19.2. The van der Waals surface area contributed by atoms with Crippen molar-refractivity contribution in [2.75, 3.05) is 38.8 Å². The average Bonchev–Trinajstić information content (AvgIpc) is 2.91. The Hall–Kier alpha value is -3.23. The van der Waals surface area contributed by atoms with Gasteiger partial charge in [0.15, 0.2) is 17.9 Å². The normalized spacial score (nSPS) is 20.1. The summed E-state index contributed by atoms with van der Waals surface area (Å²) in [6.45, 7) is 1.39. The number of benzene rings is 3. The zero-order valence-corrected chi connectivity index (χ0v) is 20.8. The maximum atomic E-state index is 15.6. The fourth-order valence-corrected chi connectivity index (χ4v) is 5.75. The Morgan fingerprint density at radius 1 is 0.919 bits per heavy atom. The van der Waals surface area contributed by atoms with Gasteiger partial charge in [0.05, 0.1) is 12.3 Å². The number of methoxy groups -OCH3 is 2. The Balaban J connectivity index is 1.47. The fraction of sp³-hybridized carbons (Fsp3) is 0.379. The molecule has 8 heteroatoms. The number of fused-ring (bicyclic) bond motifs is 1. The van der Waals surface area contributed by atoms with Crippen molar-refractivity contribution in [2.45, 2.75) is 31.0 Å². The maximum absolute atomic E-state index is 15.6. The average molecular weight is 514 g/mol. The number of anilines is 1. The van der Waals surface area contributed by atoms with Crippen molar-refractivity contribution in [3.63, 3.8) is 0 Å². The summed E-state index contributed by atoms with van der Waals surface area (Å²) in [5.74, 6) is -2.64. The summed E-state index contributed by atoms with van der Waals surface area (Å²) >= 11 is 0. The van der Waals surface area contributed by atoms with E-state index in [-0.39, 0.29) is 35.9 Å². The molecule has 5 rings (SSSR count). The van der Waals surface area contributed by atoms with Crippen molar-refractivity contribution >= 4 is 5.69 Å². The SMILES string of the molecule is COC(OC)C1CCN(c2ccc([C@H]3c4ccc(O)cc4OC[C@H]3c3cccc(F)c3F)cc2F)CC1. The van der Waals surface area contributed by atoms with Crippen LogP contribution < -0.4 is 9.64 Å². The summed E-state index contributed by atoms with van der Waals surface area (Å²) in [4.78, 5) is 2.01. The van der Waals surface area contributed by atoms with Gasteiger partial charge in [-0.15, -0.1) is 0 Å². The van der Waals surface area contributed by atoms with Crippen LogP contribution in [0.2, 0.25) is 0 Å². The van der Waals surface area contributed by atoms with Crippen LogP contribution in [0.15, 0.2) is 54.6 Å². The van der Waals surface area contributed by atoms with Gasteiger partial charge in [0, 0.05) is 56.7 Å². The largest absolute Gasteiger partial charge is 0.508 e. The molecule has 0 amide bonds. The second-order valence-corrected chi connectivity index (χ2v) is 9.64. The molecule has 0 bridgehead atoms. The van der Waals surface area contributed by atoms with Gasteiger partial charge in [-0.1, -0.05) is 24.3 Å². The second-order valence-electron chi connectivity index (χ2n) is 9.64. The van der Waals surface area contributed by atoms with Gasteiger partial charge in [-0.25, -0.2) is 13.2 Å². The van der Waals surface area contributed by atoms with Gasteiger partial charge in [-0.05, 0) is 48.2 Å². The Labute approximate surface area is 214 Å². The van der Waals surface area contributed by atoms with Crippen molar-refractivity contribution in [1.29, 1.82) is 0 Å². The van der Waals surface area contributed by atoms with Gasteiger partial charge in [-0.3, -0.25) is 0 Å². The number of hydrogen-bond acceptors (Lipinski definition) is 5. The van der Waals surface area contributed by atoms with E-state index >= 15 is 4.39 Å². The molecule has 3 aromatic rings. The van der Waals surface area contributed by atoms with Gasteiger partial charge in [0.2, 0.25) is 0 Å². The predicted octanol–water partition coefficient (Wildman–Crippen LogP) is 5.95. The molecular formula is C29H30F3NO4. The lowest BCUT2D eigenvalue weighted by atomic mass is 9.75. The molecule has 5 nitrogen and oxygen atoms in total. The number of phenolic OH excluding ortho intramolecular Hbond substituents is 1. The minimum Gasteiger partial charge on any atom is -0.508 e. The molecule has 196 valence electrons. The number of phenols is 1. The molecule has 2 heterocycles. The van der Waals surface area contributed by atoms with Crippen LogP contribution in [-0.2, 0) is 9.47 Å². The smallest absolute Gasteiger partial charge is 0.162 e. The number of hydrogen-bond donors (Lipinski definition) is 1. The van der Waals surface area contributed by atoms with Crippen molar-refractivity contribution in [1.82, 2.24) is 0 Å². The zero-order valence-electron chi connectivity index (χ0n) is 20.8. The van der Waals surface area contributed by atoms with Crippen LogP contribution in [0, 0.1) is 23.4 Å². The Bertz CT molecular complexity index is 1260. The molecule has 1 saturated heterocycles. The van der Waals surface area contributed by atoms with E-state index in [1.54, 1.807) is 26.4 Å². The molecule has 0 unspecified atom stereocenters. The lowest BCUT2D eigenvalue weighted by molar-refractivity contribution is -0.141. The van der Waals surface area contributed by atoms with Crippen molar-refractivity contribution < 1.29 is 32.5 Å². The minimum absolute atomic E-state index is 0.0296. The fourth-order valence-electron chi connectivity index (χ4n) is 5.75. The second kappa shape index (κ2) is 10.6. The highest BCUT2D eigenvalue weighted by Gasteiger charge is 2.36. The van der Waals surface area contributed by atoms with Crippen LogP contribution in [-0.4, -0.2) is 45.3 Å². The quantitative estimate of drug-likeness (QED) is 0.413. The third-order valence-electron chi connectivity index (χ3n) is 7.59. The van der Waals surface area contributed by atoms with Gasteiger partial charge < -0.3 is 24.2 Å². The monoisotopic (exact) mass is 513 g/mol. The summed E-state index contributed by atoms with van der Waals surface area (Å²) < 4.78 is 61.2. The summed E-state index contributed by atoms with van der Waals surface area (Å²) in [6.07, 6.45) is 1.35. The van der Waals surface area contributed by atoms with E-state index in [0.717, 1.165) is 18.9 Å². The summed E-state index contributed by atoms with van der Waals surface area (Å²) in [5, 5.41) is 9.95. The Morgan fingerprint density at radius 3 is 2.38 bits per heavy atom. The first-order valence-corrected chi connectivity index (χ1v) is 12.4. The number of rotatable bonds is 6. The minimum atomic E-state index is -0.943. The number of aromatic hydroxyl groups is 1. The summed E-state index contributed by atoms with van der Waals surface area (Å²) in [5.41, 5.74) is 1.97. The van der Waals surface area contributed by atoms with Gasteiger partial charge in [0.1, 0.15) is 17.3 Å². The van der Waals surface area contributed by atoms with Crippen molar-refractivity contribution in [3.8, 4) is 11.5 Å². The van der Waals surface area contributed by atoms with Gasteiger partial charge >= 0.3 is 0 Å². The zero-order chi connectivity index (χ0) is 26.1. The third kappa shape index (κ3) is 4.88. The highest BCUT2D eigenvalue weighted by Crippen LogP contribution is 2.48. The van der Waals surface area contributed by atoms with E-state index in [9.17, 15) is 13.9 Å². The number of piperidine rings is 1. The van der Waals surface area contributed by atoms with E-state index in [2.05, 4.69) is 0 Å². The molecule has 1 fully saturated rings. The van der Waals surface area contributed by atoms with E-state index < -0.39 is 23.5 Å². The first-order valence-electron chi connectivity index (χ1n) is 12.4. The Morgan fingerprint density at radius 2 is 1.68 bits per heavy atom. The van der Waals surface area contributed by atoms with Crippen LogP contribution >= 0.6 is 0 Å². The number of nitrogens with zero attached hydrogens (tertiary/aromatic N) is 1. The molecule has 3 aromatic carbocycles. The van der Waals surface area contributed by atoms with Crippen LogP contribution in [0.1, 0.15) is 41.4 Å². The first-order chi connectivity index (χ1) is 17.9. The molecule has 0 aromatic heterocycles. The summed E-state index contributed by atoms with van der Waals surface area (Å²) in [6, 6.07) is 13.8. The molecule has 37 heavy (non-hydrogen) atoms. The van der Waals surface area contributed by atoms with E-state index in [1.807, 2.05) is 11.0 Å². The molecule has 2 aliphatic rings. The number of halogens is 3.